The third kappa shape index (κ3) is 9.45. The summed E-state index contributed by atoms with van der Waals surface area (Å²) in [6.07, 6.45) is 1.43. The molecule has 0 aliphatic rings. The van der Waals surface area contributed by atoms with Gasteiger partial charge in [-0.2, -0.15) is 4.79 Å². The minimum absolute atomic E-state index is 0.0480. The first kappa shape index (κ1) is 41.8. The molecule has 0 saturated heterocycles. The standard InChI is InChI=1S/C38H60N2O7Si2/c1-15-21-43-38(41)36(40-39)32-17-16-18-34(45-24-42-14)37(32)44-23-31-19-20-33(46-48(25(2)3,26(4)5)27(6)7)35(22-31)47-49(28(8)9,29(10)11)30(12)13/h15-20,22,25-30H,1,21,23-24H2,2-14H3. The Morgan fingerprint density at radius 1 is 0.776 bits per heavy atom. The van der Waals surface area contributed by atoms with E-state index in [1.165, 1.54) is 13.2 Å². The maximum absolute atomic E-state index is 12.8. The van der Waals surface area contributed by atoms with Crippen LogP contribution in [0.3, 0.4) is 0 Å². The molecule has 272 valence electrons. The van der Waals surface area contributed by atoms with Gasteiger partial charge in [-0.25, -0.2) is 4.79 Å². The molecule has 0 spiro atoms. The van der Waals surface area contributed by atoms with Crippen molar-refractivity contribution in [1.29, 1.82) is 0 Å². The van der Waals surface area contributed by atoms with E-state index in [0.29, 0.717) is 39.0 Å². The van der Waals surface area contributed by atoms with E-state index >= 15 is 0 Å². The van der Waals surface area contributed by atoms with E-state index < -0.39 is 22.6 Å². The number of rotatable bonds is 20. The Labute approximate surface area is 297 Å². The first-order valence-corrected chi connectivity index (χ1v) is 21.7. The summed E-state index contributed by atoms with van der Waals surface area (Å²) in [4.78, 5) is 16.1. The normalized spacial score (nSPS) is 12.1. The number of hydrogen-bond acceptors (Lipinski definition) is 7. The molecule has 2 aromatic carbocycles. The van der Waals surface area contributed by atoms with Gasteiger partial charge in [0.15, 0.2) is 18.3 Å². The second-order valence-corrected chi connectivity index (χ2v) is 25.2. The summed E-state index contributed by atoms with van der Waals surface area (Å²) in [6, 6.07) is 11.0. The fraction of sp³-hybridized carbons (Fsp3) is 0.579. The van der Waals surface area contributed by atoms with E-state index in [1.54, 1.807) is 18.2 Å². The van der Waals surface area contributed by atoms with E-state index in [-0.39, 0.29) is 37.0 Å². The van der Waals surface area contributed by atoms with Gasteiger partial charge in [0.25, 0.3) is 16.6 Å². The third-order valence-corrected chi connectivity index (χ3v) is 21.5. The number of nitrogens with zero attached hydrogens (tertiary/aromatic N) is 2. The molecule has 11 heteroatoms. The van der Waals surface area contributed by atoms with E-state index in [4.69, 9.17) is 27.8 Å². The van der Waals surface area contributed by atoms with Crippen LogP contribution in [-0.4, -0.2) is 53.6 Å². The Hall–Kier alpha value is -3.38. The second-order valence-electron chi connectivity index (χ2n) is 14.4. The number of esters is 1. The van der Waals surface area contributed by atoms with Crippen LogP contribution < -0.4 is 18.3 Å². The van der Waals surface area contributed by atoms with Crippen molar-refractivity contribution in [3.8, 4) is 23.0 Å². The molecule has 2 aromatic rings. The van der Waals surface area contributed by atoms with Gasteiger partial charge in [-0.15, -0.1) is 0 Å². The van der Waals surface area contributed by atoms with E-state index in [0.717, 1.165) is 17.1 Å². The summed E-state index contributed by atoms with van der Waals surface area (Å²) < 4.78 is 37.1. The van der Waals surface area contributed by atoms with Gasteiger partial charge in [0.2, 0.25) is 0 Å². The van der Waals surface area contributed by atoms with Crippen LogP contribution in [0.4, 0.5) is 0 Å². The quantitative estimate of drug-likeness (QED) is 0.0256. The van der Waals surface area contributed by atoms with Crippen molar-refractivity contribution < 1.29 is 37.4 Å². The first-order valence-electron chi connectivity index (χ1n) is 17.4. The summed E-state index contributed by atoms with van der Waals surface area (Å²) in [6.45, 7) is 30.9. The van der Waals surface area contributed by atoms with Gasteiger partial charge >= 0.3 is 11.7 Å². The summed E-state index contributed by atoms with van der Waals surface area (Å²) in [5.74, 6) is 1.18. The van der Waals surface area contributed by atoms with Crippen molar-refractivity contribution in [2.24, 2.45) is 0 Å². The highest BCUT2D eigenvalue weighted by atomic mass is 28.4. The minimum Gasteiger partial charge on any atom is -0.540 e. The lowest BCUT2D eigenvalue weighted by Crippen LogP contribution is -2.52. The van der Waals surface area contributed by atoms with Crippen LogP contribution in [0.2, 0.25) is 33.2 Å². The minimum atomic E-state index is -2.38. The zero-order valence-electron chi connectivity index (χ0n) is 32.1. The van der Waals surface area contributed by atoms with Gasteiger partial charge < -0.3 is 33.3 Å². The fourth-order valence-electron chi connectivity index (χ4n) is 7.54. The number of para-hydroxylation sites is 1. The largest absolute Gasteiger partial charge is 0.540 e. The molecule has 0 aliphatic carbocycles. The van der Waals surface area contributed by atoms with E-state index in [2.05, 4.69) is 94.5 Å². The van der Waals surface area contributed by atoms with Gasteiger partial charge in [-0.05, 0) is 63.1 Å². The maximum atomic E-state index is 12.8. The van der Waals surface area contributed by atoms with Crippen LogP contribution in [0.15, 0.2) is 49.1 Å². The molecule has 0 fully saturated rings. The molecular weight excluding hydrogens is 653 g/mol. The Kier molecular flexibility index (Phi) is 15.8. The molecule has 0 unspecified atom stereocenters. The summed E-state index contributed by atoms with van der Waals surface area (Å²) in [7, 11) is -3.20. The van der Waals surface area contributed by atoms with Crippen LogP contribution in [0.25, 0.3) is 5.53 Å². The molecular formula is C38H60N2O7Si2. The lowest BCUT2D eigenvalue weighted by Gasteiger charge is -2.45. The first-order chi connectivity index (χ1) is 23.0. The molecule has 9 nitrogen and oxygen atoms in total. The molecule has 0 aliphatic heterocycles. The number of ether oxygens (including phenoxy) is 4. The molecule has 2 rings (SSSR count). The van der Waals surface area contributed by atoms with Crippen LogP contribution in [0, 0.1) is 0 Å². The van der Waals surface area contributed by atoms with Crippen molar-refractivity contribution in [2.45, 2.75) is 123 Å². The van der Waals surface area contributed by atoms with Crippen molar-refractivity contribution in [3.05, 3.63) is 65.7 Å². The average molecular weight is 713 g/mol. The van der Waals surface area contributed by atoms with Gasteiger partial charge in [-0.3, -0.25) is 0 Å². The van der Waals surface area contributed by atoms with Crippen LogP contribution in [-0.2, 0) is 20.9 Å². The highest BCUT2D eigenvalue weighted by Crippen LogP contribution is 2.48. The molecule has 0 amide bonds. The highest BCUT2D eigenvalue weighted by Gasteiger charge is 2.50. The highest BCUT2D eigenvalue weighted by molar-refractivity contribution is 6.79. The molecule has 0 atom stereocenters. The SMILES string of the molecule is C=CCOC(=O)C(=[N+]=[N-])c1cccc(OCOC)c1OCc1ccc(O[Si](C(C)C)(C(C)C)C(C)C)c(O[Si](C(C)C)(C(C)C)C(C)C)c1. The predicted octanol–water partition coefficient (Wildman–Crippen LogP) is 10.1. The number of benzene rings is 2. The zero-order chi connectivity index (χ0) is 37.1. The van der Waals surface area contributed by atoms with Crippen molar-refractivity contribution in [3.63, 3.8) is 0 Å². The van der Waals surface area contributed by atoms with Gasteiger partial charge in [-0.1, -0.05) is 108 Å². The van der Waals surface area contributed by atoms with Crippen LogP contribution in [0.5, 0.6) is 23.0 Å². The number of carbonyl (C=O) groups excluding carboxylic acids is 1. The van der Waals surface area contributed by atoms with E-state index in [9.17, 15) is 10.3 Å². The predicted molar refractivity (Wildman–Crippen MR) is 202 cm³/mol. The average Bonchev–Trinajstić information content (AvgIpc) is 3.03. The monoisotopic (exact) mass is 712 g/mol. The fourth-order valence-corrected chi connectivity index (χ4v) is 18.0. The Morgan fingerprint density at radius 3 is 1.78 bits per heavy atom. The maximum Gasteiger partial charge on any atom is 0.422 e. The molecule has 0 bridgehead atoms. The third-order valence-electron chi connectivity index (χ3n) is 9.57. The molecule has 49 heavy (non-hydrogen) atoms. The molecule has 0 aromatic heterocycles. The number of carbonyl (C=O) groups is 1. The molecule has 0 heterocycles. The van der Waals surface area contributed by atoms with Gasteiger partial charge in [0.05, 0.1) is 0 Å². The van der Waals surface area contributed by atoms with Crippen LogP contribution in [0.1, 0.15) is 94.2 Å². The van der Waals surface area contributed by atoms with Crippen LogP contribution >= 0.6 is 0 Å². The van der Waals surface area contributed by atoms with Gasteiger partial charge in [0, 0.05) is 7.11 Å². The van der Waals surface area contributed by atoms with Crippen molar-refractivity contribution >= 4 is 28.3 Å². The van der Waals surface area contributed by atoms with Crippen molar-refractivity contribution in [2.75, 3.05) is 20.5 Å². The Morgan fingerprint density at radius 2 is 1.31 bits per heavy atom. The smallest absolute Gasteiger partial charge is 0.422 e. The molecule has 0 saturated carbocycles. The number of hydrogen-bond donors (Lipinski definition) is 0. The summed E-state index contributed by atoms with van der Waals surface area (Å²) in [5, 5.41) is 0. The lowest BCUT2D eigenvalue weighted by molar-refractivity contribution is -0.138. The lowest BCUT2D eigenvalue weighted by atomic mass is 10.1. The zero-order valence-corrected chi connectivity index (χ0v) is 34.1. The summed E-state index contributed by atoms with van der Waals surface area (Å²) >= 11 is 0. The van der Waals surface area contributed by atoms with E-state index in [1.807, 2.05) is 18.2 Å². The molecule has 0 N–H and O–H groups in total. The van der Waals surface area contributed by atoms with Crippen molar-refractivity contribution in [1.82, 2.24) is 0 Å². The van der Waals surface area contributed by atoms with Gasteiger partial charge in [0.1, 0.15) is 30.3 Å². The molecule has 0 radical (unpaired) electrons. The Bertz CT molecular complexity index is 1410. The Balaban J connectivity index is 2.75. The topological polar surface area (TPSA) is 109 Å². The summed E-state index contributed by atoms with van der Waals surface area (Å²) in [5.41, 5.74) is 12.8. The number of methoxy groups -OCH3 is 1. The second kappa shape index (κ2) is 18.6.